The number of nitrogen functional groups attached to an aromatic ring is 2. The summed E-state index contributed by atoms with van der Waals surface area (Å²) in [4.78, 5) is 11.9. The standard InChI is InChI=1S/C13H13N3O3/c14-9-3-1-7(5-11(9)17)13(19)16-8-2-4-10(15)12(18)6-8/h1-6,17-18H,14-15H2,(H,16,19). The summed E-state index contributed by atoms with van der Waals surface area (Å²) >= 11 is 0. The predicted octanol–water partition coefficient (Wildman–Crippen LogP) is 1.51. The molecule has 0 aliphatic rings. The van der Waals surface area contributed by atoms with Gasteiger partial charge in [-0.1, -0.05) is 0 Å². The molecule has 2 rings (SSSR count). The number of hydrogen-bond donors (Lipinski definition) is 5. The van der Waals surface area contributed by atoms with E-state index in [0.717, 1.165) is 0 Å². The zero-order valence-electron chi connectivity index (χ0n) is 9.92. The van der Waals surface area contributed by atoms with Gasteiger partial charge in [0, 0.05) is 17.3 Å². The summed E-state index contributed by atoms with van der Waals surface area (Å²) in [7, 11) is 0. The lowest BCUT2D eigenvalue weighted by molar-refractivity contribution is 0.102. The molecule has 98 valence electrons. The van der Waals surface area contributed by atoms with Gasteiger partial charge in [-0.3, -0.25) is 4.79 Å². The number of nitrogens with one attached hydrogen (secondary N) is 1. The molecule has 0 radical (unpaired) electrons. The number of phenolic OH excluding ortho intramolecular Hbond substituents is 2. The number of rotatable bonds is 2. The molecule has 0 unspecified atom stereocenters. The molecule has 0 atom stereocenters. The fourth-order valence-electron chi connectivity index (χ4n) is 1.51. The normalized spacial score (nSPS) is 10.1. The molecule has 0 saturated carbocycles. The van der Waals surface area contributed by atoms with Gasteiger partial charge in [0.1, 0.15) is 11.5 Å². The van der Waals surface area contributed by atoms with Crippen molar-refractivity contribution in [3.8, 4) is 11.5 Å². The van der Waals surface area contributed by atoms with Crippen LogP contribution in [0.2, 0.25) is 0 Å². The van der Waals surface area contributed by atoms with Crippen molar-refractivity contribution < 1.29 is 15.0 Å². The van der Waals surface area contributed by atoms with Gasteiger partial charge in [-0.2, -0.15) is 0 Å². The van der Waals surface area contributed by atoms with Crippen LogP contribution in [0.25, 0.3) is 0 Å². The summed E-state index contributed by atoms with van der Waals surface area (Å²) in [6.45, 7) is 0. The third-order valence-corrected chi connectivity index (χ3v) is 2.58. The van der Waals surface area contributed by atoms with Gasteiger partial charge < -0.3 is 27.0 Å². The molecule has 6 nitrogen and oxygen atoms in total. The molecule has 0 saturated heterocycles. The molecule has 0 fully saturated rings. The number of nitrogens with two attached hydrogens (primary N) is 2. The van der Waals surface area contributed by atoms with Gasteiger partial charge >= 0.3 is 0 Å². The molecule has 2 aromatic rings. The van der Waals surface area contributed by atoms with Gasteiger partial charge in [-0.25, -0.2) is 0 Å². The van der Waals surface area contributed by atoms with Crippen LogP contribution >= 0.6 is 0 Å². The Morgan fingerprint density at radius 3 is 2.11 bits per heavy atom. The molecule has 6 heteroatoms. The lowest BCUT2D eigenvalue weighted by Crippen LogP contribution is -2.11. The quantitative estimate of drug-likeness (QED) is 0.413. The molecule has 2 aromatic carbocycles. The van der Waals surface area contributed by atoms with Crippen LogP contribution < -0.4 is 16.8 Å². The number of carbonyl (C=O) groups excluding carboxylic acids is 1. The highest BCUT2D eigenvalue weighted by molar-refractivity contribution is 6.05. The van der Waals surface area contributed by atoms with E-state index in [4.69, 9.17) is 11.5 Å². The van der Waals surface area contributed by atoms with Crippen LogP contribution in [0.15, 0.2) is 36.4 Å². The summed E-state index contributed by atoms with van der Waals surface area (Å²) < 4.78 is 0. The Balaban J connectivity index is 2.20. The van der Waals surface area contributed by atoms with Gasteiger partial charge in [-0.15, -0.1) is 0 Å². The second-order valence-electron chi connectivity index (χ2n) is 4.00. The van der Waals surface area contributed by atoms with Crippen molar-refractivity contribution in [2.24, 2.45) is 0 Å². The smallest absolute Gasteiger partial charge is 0.255 e. The average molecular weight is 259 g/mol. The monoisotopic (exact) mass is 259 g/mol. The Kier molecular flexibility index (Phi) is 3.15. The largest absolute Gasteiger partial charge is 0.506 e. The van der Waals surface area contributed by atoms with Crippen molar-refractivity contribution in [2.75, 3.05) is 16.8 Å². The third kappa shape index (κ3) is 2.68. The second kappa shape index (κ2) is 4.77. The lowest BCUT2D eigenvalue weighted by Gasteiger charge is -2.07. The van der Waals surface area contributed by atoms with Gasteiger partial charge in [-0.05, 0) is 30.3 Å². The zero-order chi connectivity index (χ0) is 14.0. The van der Waals surface area contributed by atoms with E-state index >= 15 is 0 Å². The summed E-state index contributed by atoms with van der Waals surface area (Å²) in [5, 5.41) is 21.4. The highest BCUT2D eigenvalue weighted by Gasteiger charge is 2.09. The Morgan fingerprint density at radius 2 is 1.53 bits per heavy atom. The molecule has 7 N–H and O–H groups in total. The average Bonchev–Trinajstić information content (AvgIpc) is 2.37. The van der Waals surface area contributed by atoms with Gasteiger partial charge in [0.25, 0.3) is 5.91 Å². The summed E-state index contributed by atoms with van der Waals surface area (Å²) in [6, 6.07) is 8.56. The molecule has 19 heavy (non-hydrogen) atoms. The second-order valence-corrected chi connectivity index (χ2v) is 4.00. The third-order valence-electron chi connectivity index (χ3n) is 2.58. The zero-order valence-corrected chi connectivity index (χ0v) is 9.92. The Morgan fingerprint density at radius 1 is 0.947 bits per heavy atom. The Labute approximate surface area is 109 Å². The van der Waals surface area contributed by atoms with Crippen molar-refractivity contribution in [1.82, 2.24) is 0 Å². The lowest BCUT2D eigenvalue weighted by atomic mass is 10.1. The van der Waals surface area contributed by atoms with E-state index in [9.17, 15) is 15.0 Å². The number of anilines is 3. The molecule has 0 aliphatic carbocycles. The minimum absolute atomic E-state index is 0.113. The van der Waals surface area contributed by atoms with Crippen LogP contribution in [-0.2, 0) is 0 Å². The molecule has 0 aliphatic heterocycles. The number of benzene rings is 2. The first-order chi connectivity index (χ1) is 8.97. The van der Waals surface area contributed by atoms with Crippen LogP contribution in [0.5, 0.6) is 11.5 Å². The number of amides is 1. The van der Waals surface area contributed by atoms with Crippen molar-refractivity contribution in [3.05, 3.63) is 42.0 Å². The van der Waals surface area contributed by atoms with E-state index in [-0.39, 0.29) is 28.4 Å². The maximum atomic E-state index is 11.9. The molecule has 0 aromatic heterocycles. The summed E-state index contributed by atoms with van der Waals surface area (Å²) in [5.74, 6) is -0.703. The molecular formula is C13H13N3O3. The highest BCUT2D eigenvalue weighted by atomic mass is 16.3. The van der Waals surface area contributed by atoms with Crippen molar-refractivity contribution >= 4 is 23.0 Å². The van der Waals surface area contributed by atoms with E-state index in [2.05, 4.69) is 5.32 Å². The van der Waals surface area contributed by atoms with Gasteiger partial charge in [0.2, 0.25) is 0 Å². The highest BCUT2D eigenvalue weighted by Crippen LogP contribution is 2.25. The van der Waals surface area contributed by atoms with Crippen molar-refractivity contribution in [3.63, 3.8) is 0 Å². The van der Waals surface area contributed by atoms with Crippen LogP contribution in [-0.4, -0.2) is 16.1 Å². The van der Waals surface area contributed by atoms with Crippen LogP contribution in [0.4, 0.5) is 17.1 Å². The first-order valence-electron chi connectivity index (χ1n) is 5.45. The number of carbonyl (C=O) groups is 1. The minimum Gasteiger partial charge on any atom is -0.506 e. The van der Waals surface area contributed by atoms with Gasteiger partial charge in [0.05, 0.1) is 11.4 Å². The molecule has 0 spiro atoms. The first-order valence-corrected chi connectivity index (χ1v) is 5.45. The van der Waals surface area contributed by atoms with E-state index < -0.39 is 5.91 Å². The number of phenols is 2. The van der Waals surface area contributed by atoms with Crippen LogP contribution in [0.1, 0.15) is 10.4 Å². The fourth-order valence-corrected chi connectivity index (χ4v) is 1.51. The maximum Gasteiger partial charge on any atom is 0.255 e. The van der Waals surface area contributed by atoms with E-state index in [1.807, 2.05) is 0 Å². The van der Waals surface area contributed by atoms with Crippen molar-refractivity contribution in [2.45, 2.75) is 0 Å². The summed E-state index contributed by atoms with van der Waals surface area (Å²) in [5.41, 5.74) is 12.0. The fraction of sp³-hybridized carbons (Fsp3) is 0. The summed E-state index contributed by atoms with van der Waals surface area (Å²) in [6.07, 6.45) is 0. The van der Waals surface area contributed by atoms with E-state index in [0.29, 0.717) is 5.69 Å². The van der Waals surface area contributed by atoms with E-state index in [1.165, 1.54) is 30.3 Å². The predicted molar refractivity (Wildman–Crippen MR) is 73.0 cm³/mol. The minimum atomic E-state index is -0.431. The molecule has 0 heterocycles. The van der Waals surface area contributed by atoms with Crippen LogP contribution in [0.3, 0.4) is 0 Å². The SMILES string of the molecule is Nc1ccc(NC(=O)c2ccc(N)c(O)c2)cc1O. The topological polar surface area (TPSA) is 122 Å². The molecule has 1 amide bonds. The first kappa shape index (κ1) is 12.6. The van der Waals surface area contributed by atoms with Crippen LogP contribution in [0, 0.1) is 0 Å². The molecule has 0 bridgehead atoms. The Hall–Kier alpha value is -2.89. The van der Waals surface area contributed by atoms with E-state index in [1.54, 1.807) is 6.07 Å². The Bertz CT molecular complexity index is 641. The number of hydrogen-bond acceptors (Lipinski definition) is 5. The number of aromatic hydroxyl groups is 2. The molecular weight excluding hydrogens is 246 g/mol. The van der Waals surface area contributed by atoms with Gasteiger partial charge in [0.15, 0.2) is 0 Å². The maximum absolute atomic E-state index is 11.9. The van der Waals surface area contributed by atoms with Crippen molar-refractivity contribution in [1.29, 1.82) is 0 Å².